The monoisotopic (exact) mass is 721 g/mol. The van der Waals surface area contributed by atoms with Crippen molar-refractivity contribution in [3.63, 3.8) is 0 Å². The van der Waals surface area contributed by atoms with Gasteiger partial charge >= 0.3 is 5.97 Å². The number of rotatable bonds is 8. The zero-order valence-corrected chi connectivity index (χ0v) is 27.3. The number of carboxylic acids is 1. The Kier molecular flexibility index (Phi) is 9.89. The van der Waals surface area contributed by atoms with Gasteiger partial charge in [-0.2, -0.15) is 0 Å². The van der Waals surface area contributed by atoms with Crippen LogP contribution in [0.1, 0.15) is 68.8 Å². The number of benzene rings is 2. The molecule has 2 aromatic carbocycles. The lowest BCUT2D eigenvalue weighted by Crippen LogP contribution is -2.63. The molecule has 18 nitrogen and oxygen atoms in total. The van der Waals surface area contributed by atoms with Crippen LogP contribution in [-0.2, 0) is 30.2 Å². The van der Waals surface area contributed by atoms with Crippen molar-refractivity contribution in [1.82, 2.24) is 0 Å². The normalized spacial score (nSPS) is 35.4. The third kappa shape index (κ3) is 6.05. The van der Waals surface area contributed by atoms with Crippen LogP contribution in [0.15, 0.2) is 18.2 Å². The van der Waals surface area contributed by atoms with Gasteiger partial charge in [0.1, 0.15) is 47.8 Å². The maximum Gasteiger partial charge on any atom is 0.335 e. The fraction of sp³-hybridized carbons (Fsp3) is 0.545. The van der Waals surface area contributed by atoms with E-state index in [4.69, 9.17) is 29.4 Å². The van der Waals surface area contributed by atoms with E-state index in [1.165, 1.54) is 32.2 Å². The van der Waals surface area contributed by atoms with Crippen molar-refractivity contribution in [3.8, 4) is 17.2 Å². The van der Waals surface area contributed by atoms with Crippen molar-refractivity contribution in [3.05, 3.63) is 51.6 Å². The summed E-state index contributed by atoms with van der Waals surface area (Å²) in [5.41, 5.74) is 2.51. The highest BCUT2D eigenvalue weighted by Gasteiger charge is 2.52. The molecule has 2 saturated heterocycles. The molecule has 12 atom stereocenters. The van der Waals surface area contributed by atoms with Crippen LogP contribution in [0.5, 0.6) is 17.2 Å². The molecule has 278 valence electrons. The number of ether oxygens (including phenoxy) is 5. The molecule has 2 fully saturated rings. The molecule has 2 aliphatic heterocycles. The smallest absolute Gasteiger partial charge is 0.335 e. The summed E-state index contributed by atoms with van der Waals surface area (Å²) in [6.07, 6.45) is -17.2. The van der Waals surface area contributed by atoms with Gasteiger partial charge in [-0.05, 0) is 13.0 Å². The maximum atomic E-state index is 13.9. The van der Waals surface area contributed by atoms with E-state index in [-0.39, 0.29) is 34.4 Å². The van der Waals surface area contributed by atoms with Crippen molar-refractivity contribution in [1.29, 1.82) is 0 Å². The second-order valence-corrected chi connectivity index (χ2v) is 13.2. The van der Waals surface area contributed by atoms with Crippen LogP contribution in [-0.4, -0.2) is 144 Å². The van der Waals surface area contributed by atoms with Crippen LogP contribution < -0.4 is 10.5 Å². The molecule has 0 amide bonds. The fourth-order valence-electron chi connectivity index (χ4n) is 7.36. The Balaban J connectivity index is 1.32. The molecule has 6 rings (SSSR count). The van der Waals surface area contributed by atoms with Gasteiger partial charge in [0.05, 0.1) is 48.2 Å². The number of phenols is 2. The second-order valence-electron chi connectivity index (χ2n) is 13.2. The zero-order valence-electron chi connectivity index (χ0n) is 27.3. The van der Waals surface area contributed by atoms with E-state index in [1.807, 2.05) is 0 Å². The summed E-state index contributed by atoms with van der Waals surface area (Å²) in [7, 11) is 1.29. The average Bonchev–Trinajstić information content (AvgIpc) is 3.08. The minimum atomic E-state index is -2.18. The Hall–Kier alpha value is -3.79. The molecule has 2 aliphatic carbocycles. The molecule has 18 heteroatoms. The summed E-state index contributed by atoms with van der Waals surface area (Å²) in [5, 5.41) is 95.2. The fourth-order valence-corrected chi connectivity index (χ4v) is 7.36. The second kappa shape index (κ2) is 13.6. The lowest BCUT2D eigenvalue weighted by Gasteiger charge is -2.46. The number of carboxylic acid groups (broad SMARTS) is 1. The number of fused-ring (bicyclic) bond motifs is 3. The minimum absolute atomic E-state index is 0.0482. The van der Waals surface area contributed by atoms with Crippen molar-refractivity contribution in [2.45, 2.75) is 99.2 Å². The molecular formula is C33H39NO17. The highest BCUT2D eigenvalue weighted by Crippen LogP contribution is 2.53. The number of aliphatic carboxylic acids is 1. The van der Waals surface area contributed by atoms with E-state index in [0.717, 1.165) is 0 Å². The molecule has 0 radical (unpaired) electrons. The number of nitrogens with two attached hydrogens (primary N) is 1. The number of ketones is 2. The Labute approximate surface area is 289 Å². The van der Waals surface area contributed by atoms with Crippen LogP contribution in [0, 0.1) is 0 Å². The van der Waals surface area contributed by atoms with Crippen LogP contribution in [0.4, 0.5) is 0 Å². The standard InChI is InChI=1S/C33H39NO17/c1-10-29(50-32-28(43)26(41)27(42)30(51-32)31(44)45)13(34)6-17(48-10)49-15-8-33(46,16(36)9-35)7-12-19(15)25(40)21-20(23(12)38)22(37)11-4-3-5-14(47-2)18(11)24(21)39/h3-5,10,13,15-17,26-30,32,35-36,38,40-43,46H,6-9,34H2,1-2H3,(H,44,45)/t10-,13-,15-,16?,17?,26-,27-,28+,29-,30-,32?,33-/m0/s1. The Morgan fingerprint density at radius 2 is 1.71 bits per heavy atom. The van der Waals surface area contributed by atoms with Crippen molar-refractivity contribution in [2.75, 3.05) is 13.7 Å². The molecule has 2 aromatic rings. The number of hydrogen-bond donors (Lipinski definition) is 10. The number of hydrogen-bond acceptors (Lipinski definition) is 17. The van der Waals surface area contributed by atoms with Gasteiger partial charge in [0.25, 0.3) is 0 Å². The van der Waals surface area contributed by atoms with Gasteiger partial charge in [0.2, 0.25) is 5.78 Å². The van der Waals surface area contributed by atoms with Gasteiger partial charge in [-0.1, -0.05) is 12.1 Å². The van der Waals surface area contributed by atoms with Crippen LogP contribution in [0.25, 0.3) is 0 Å². The minimum Gasteiger partial charge on any atom is -0.507 e. The average molecular weight is 722 g/mol. The van der Waals surface area contributed by atoms with Crippen molar-refractivity contribution >= 4 is 17.5 Å². The van der Waals surface area contributed by atoms with Crippen molar-refractivity contribution in [2.24, 2.45) is 5.73 Å². The summed E-state index contributed by atoms with van der Waals surface area (Å²) >= 11 is 0. The largest absolute Gasteiger partial charge is 0.507 e. The first-order valence-corrected chi connectivity index (χ1v) is 16.1. The molecule has 4 aliphatic rings. The van der Waals surface area contributed by atoms with Crippen molar-refractivity contribution < 1.29 is 84.0 Å². The first kappa shape index (κ1) is 37.0. The molecule has 11 N–H and O–H groups in total. The highest BCUT2D eigenvalue weighted by atomic mass is 16.7. The SMILES string of the molecule is COc1cccc2c1C(=O)c1c(O)c3c(c(O)c1C2=O)C[C@@](O)(C(O)CO)C[C@@H]3OC1C[C@H](N)[C@@H](OC2O[C@H](C(=O)O)[C@@H](O)[C@H](O)[C@H]2O)[C@H](C)O1. The maximum absolute atomic E-state index is 13.9. The summed E-state index contributed by atoms with van der Waals surface area (Å²) in [4.78, 5) is 39.1. The Morgan fingerprint density at radius 3 is 2.33 bits per heavy atom. The zero-order chi connectivity index (χ0) is 37.3. The molecular weight excluding hydrogens is 682 g/mol. The predicted octanol–water partition coefficient (Wildman–Crippen LogP) is -2.29. The Bertz CT molecular complexity index is 1720. The van der Waals surface area contributed by atoms with E-state index in [0.29, 0.717) is 0 Å². The van der Waals surface area contributed by atoms with Crippen LogP contribution in [0.3, 0.4) is 0 Å². The van der Waals surface area contributed by atoms with Gasteiger partial charge in [0, 0.05) is 42.0 Å². The van der Waals surface area contributed by atoms with Gasteiger partial charge < -0.3 is 75.4 Å². The quantitative estimate of drug-likeness (QED) is 0.109. The molecule has 2 heterocycles. The van der Waals surface area contributed by atoms with E-state index in [1.54, 1.807) is 0 Å². The number of carbonyl (C=O) groups is 3. The van der Waals surface area contributed by atoms with Crippen LogP contribution in [0.2, 0.25) is 0 Å². The van der Waals surface area contributed by atoms with Crippen LogP contribution >= 0.6 is 0 Å². The number of phenolic OH excluding ortho intramolecular Hbond substituents is 2. The number of carbonyl (C=O) groups excluding carboxylic acids is 2. The van der Waals surface area contributed by atoms with E-state index in [9.17, 15) is 60.3 Å². The lowest BCUT2D eigenvalue weighted by molar-refractivity contribution is -0.329. The summed E-state index contributed by atoms with van der Waals surface area (Å²) in [6, 6.07) is 3.29. The lowest BCUT2D eigenvalue weighted by atomic mass is 9.71. The van der Waals surface area contributed by atoms with Gasteiger partial charge in [0.15, 0.2) is 24.5 Å². The van der Waals surface area contributed by atoms with E-state index in [2.05, 4.69) is 0 Å². The van der Waals surface area contributed by atoms with Gasteiger partial charge in [-0.25, -0.2) is 4.79 Å². The van der Waals surface area contributed by atoms with Gasteiger partial charge in [-0.15, -0.1) is 0 Å². The summed E-state index contributed by atoms with van der Waals surface area (Å²) in [5.74, 6) is -4.69. The molecule has 3 unspecified atom stereocenters. The number of aromatic hydroxyl groups is 2. The molecule has 0 saturated carbocycles. The molecule has 0 aromatic heterocycles. The molecule has 0 bridgehead atoms. The predicted molar refractivity (Wildman–Crippen MR) is 166 cm³/mol. The Morgan fingerprint density at radius 1 is 1.02 bits per heavy atom. The third-order valence-electron chi connectivity index (χ3n) is 10.0. The first-order valence-electron chi connectivity index (χ1n) is 16.1. The first-order chi connectivity index (χ1) is 24.0. The number of methoxy groups -OCH3 is 1. The highest BCUT2D eigenvalue weighted by molar-refractivity contribution is 6.31. The molecule has 0 spiro atoms. The number of aliphatic hydroxyl groups is 6. The third-order valence-corrected chi connectivity index (χ3v) is 10.0. The van der Waals surface area contributed by atoms with Gasteiger partial charge in [-0.3, -0.25) is 9.59 Å². The van der Waals surface area contributed by atoms with E-state index >= 15 is 0 Å². The summed E-state index contributed by atoms with van der Waals surface area (Å²) in [6.45, 7) is 0.579. The summed E-state index contributed by atoms with van der Waals surface area (Å²) < 4.78 is 28.4. The van der Waals surface area contributed by atoms with E-state index < -0.39 is 133 Å². The molecule has 51 heavy (non-hydrogen) atoms. The topological polar surface area (TPSA) is 305 Å². The number of aliphatic hydroxyl groups excluding tert-OH is 5.